The Kier molecular flexibility index (Phi) is 7.77. The summed E-state index contributed by atoms with van der Waals surface area (Å²) < 4.78 is 30.6. The fraction of sp³-hybridized carbons (Fsp3) is 0.194. The van der Waals surface area contributed by atoms with Crippen LogP contribution in [0.4, 0.5) is 5.82 Å². The first-order valence-electron chi connectivity index (χ1n) is 13.2. The summed E-state index contributed by atoms with van der Waals surface area (Å²) in [6, 6.07) is 26.1. The summed E-state index contributed by atoms with van der Waals surface area (Å²) in [5, 5.41) is 8.51. The van der Waals surface area contributed by atoms with Gasteiger partial charge in [0.15, 0.2) is 0 Å². The molecule has 1 N–H and O–H groups in total. The highest BCUT2D eigenvalue weighted by molar-refractivity contribution is 7.89. The number of hydrogen-bond acceptors (Lipinski definition) is 5. The molecular weight excluding hydrogens is 522 g/mol. The molecule has 1 amide bonds. The minimum Gasteiger partial charge on any atom is -0.309 e. The Balaban J connectivity index is 1.53. The molecule has 0 atom stereocenters. The number of nitrogens with one attached hydrogen (secondary N) is 1. The molecule has 0 aliphatic heterocycles. The van der Waals surface area contributed by atoms with E-state index >= 15 is 0 Å². The van der Waals surface area contributed by atoms with Crippen LogP contribution >= 0.6 is 0 Å². The van der Waals surface area contributed by atoms with E-state index in [0.29, 0.717) is 17.8 Å². The topological polar surface area (TPSA) is 97.2 Å². The molecule has 0 radical (unpaired) electrons. The van der Waals surface area contributed by atoms with Crippen molar-refractivity contribution in [2.45, 2.75) is 32.1 Å². The Morgan fingerprint density at radius 2 is 1.65 bits per heavy atom. The van der Waals surface area contributed by atoms with Gasteiger partial charge in [-0.2, -0.15) is 9.40 Å². The maximum Gasteiger partial charge on any atom is 0.245 e. The van der Waals surface area contributed by atoms with Crippen molar-refractivity contribution in [1.82, 2.24) is 19.1 Å². The average molecular weight is 554 g/mol. The van der Waals surface area contributed by atoms with E-state index < -0.39 is 15.9 Å². The van der Waals surface area contributed by atoms with Gasteiger partial charge in [-0.1, -0.05) is 73.7 Å². The quantitative estimate of drug-likeness (QED) is 0.251. The lowest BCUT2D eigenvalue weighted by molar-refractivity contribution is -0.116. The van der Waals surface area contributed by atoms with Crippen molar-refractivity contribution in [2.75, 3.05) is 18.4 Å². The molecule has 2 aromatic heterocycles. The molecule has 40 heavy (non-hydrogen) atoms. The van der Waals surface area contributed by atoms with Crippen LogP contribution in [0, 0.1) is 13.8 Å². The number of amides is 1. The number of aryl methyl sites for hydroxylation is 2. The van der Waals surface area contributed by atoms with Gasteiger partial charge in [0.1, 0.15) is 10.7 Å². The van der Waals surface area contributed by atoms with Crippen molar-refractivity contribution < 1.29 is 13.2 Å². The third kappa shape index (κ3) is 5.25. The second kappa shape index (κ2) is 11.4. The smallest absolute Gasteiger partial charge is 0.245 e. The molecule has 8 nitrogen and oxygen atoms in total. The molecule has 0 aliphatic carbocycles. The summed E-state index contributed by atoms with van der Waals surface area (Å²) >= 11 is 0. The van der Waals surface area contributed by atoms with Crippen LogP contribution in [-0.2, 0) is 14.8 Å². The van der Waals surface area contributed by atoms with Gasteiger partial charge in [-0.05, 0) is 49.6 Å². The number of anilines is 1. The molecule has 0 fully saturated rings. The summed E-state index contributed by atoms with van der Waals surface area (Å²) in [6.45, 7) is 5.58. The van der Waals surface area contributed by atoms with E-state index in [1.54, 1.807) is 23.0 Å². The normalized spacial score (nSPS) is 11.7. The molecule has 3 aromatic carbocycles. The fourth-order valence-electron chi connectivity index (χ4n) is 4.86. The zero-order valence-corrected chi connectivity index (χ0v) is 23.5. The molecule has 0 saturated carbocycles. The molecule has 9 heteroatoms. The first-order valence-corrected chi connectivity index (χ1v) is 14.6. The number of sulfonamides is 1. The Bertz CT molecular complexity index is 1780. The number of fused-ring (bicyclic) bond motifs is 1. The predicted molar refractivity (Wildman–Crippen MR) is 158 cm³/mol. The first-order chi connectivity index (χ1) is 19.3. The van der Waals surface area contributed by atoms with E-state index in [2.05, 4.69) is 10.3 Å². The maximum atomic E-state index is 13.8. The van der Waals surface area contributed by atoms with Crippen LogP contribution in [0.5, 0.6) is 0 Å². The van der Waals surface area contributed by atoms with Crippen LogP contribution in [0.15, 0.2) is 96.0 Å². The second-order valence-electron chi connectivity index (χ2n) is 9.59. The number of rotatable bonds is 9. The molecule has 0 aliphatic rings. The largest absolute Gasteiger partial charge is 0.309 e. The van der Waals surface area contributed by atoms with Crippen LogP contribution in [0.3, 0.4) is 0 Å². The van der Waals surface area contributed by atoms with Crippen molar-refractivity contribution in [3.05, 3.63) is 102 Å². The van der Waals surface area contributed by atoms with Gasteiger partial charge in [-0.25, -0.2) is 13.1 Å². The molecule has 0 saturated heterocycles. The summed E-state index contributed by atoms with van der Waals surface area (Å²) in [7, 11) is -4.02. The van der Waals surface area contributed by atoms with E-state index in [1.807, 2.05) is 87.5 Å². The van der Waals surface area contributed by atoms with Gasteiger partial charge in [0.05, 0.1) is 23.4 Å². The van der Waals surface area contributed by atoms with Crippen LogP contribution in [0.25, 0.3) is 27.7 Å². The number of nitrogens with zero attached hydrogens (tertiary/aromatic N) is 4. The zero-order chi connectivity index (χ0) is 28.3. The van der Waals surface area contributed by atoms with Gasteiger partial charge in [0.25, 0.3) is 0 Å². The van der Waals surface area contributed by atoms with Crippen LogP contribution in [-0.4, -0.2) is 46.5 Å². The third-order valence-electron chi connectivity index (χ3n) is 6.73. The molecule has 204 valence electrons. The Morgan fingerprint density at radius 1 is 0.925 bits per heavy atom. The highest BCUT2D eigenvalue weighted by Gasteiger charge is 2.29. The summed E-state index contributed by atoms with van der Waals surface area (Å²) in [6.07, 6.45) is 2.11. The van der Waals surface area contributed by atoms with Crippen molar-refractivity contribution in [3.63, 3.8) is 0 Å². The predicted octanol–water partition coefficient (Wildman–Crippen LogP) is 5.74. The van der Waals surface area contributed by atoms with E-state index in [0.717, 1.165) is 33.5 Å². The molecule has 0 unspecified atom stereocenters. The molecule has 5 rings (SSSR count). The third-order valence-corrected chi connectivity index (χ3v) is 8.61. The van der Waals surface area contributed by atoms with Crippen molar-refractivity contribution in [3.8, 4) is 16.8 Å². The zero-order valence-electron chi connectivity index (χ0n) is 22.7. The summed E-state index contributed by atoms with van der Waals surface area (Å²) in [4.78, 5) is 18.0. The van der Waals surface area contributed by atoms with Gasteiger partial charge in [-0.15, -0.1) is 0 Å². The number of benzene rings is 3. The Morgan fingerprint density at radius 3 is 2.40 bits per heavy atom. The second-order valence-corrected chi connectivity index (χ2v) is 11.5. The summed E-state index contributed by atoms with van der Waals surface area (Å²) in [5.74, 6) is 0.0285. The van der Waals surface area contributed by atoms with E-state index in [-0.39, 0.29) is 18.0 Å². The number of aromatic nitrogens is 3. The number of carbonyl (C=O) groups is 1. The Labute approximate surface area is 234 Å². The monoisotopic (exact) mass is 553 g/mol. The SMILES string of the molecule is CCCN(CC(=O)Nc1c(-c2ccccc2)c(C)nn1-c1ccccc1C)S(=O)(=O)c1cccc2cccnc12. The van der Waals surface area contributed by atoms with Crippen LogP contribution in [0.2, 0.25) is 0 Å². The van der Waals surface area contributed by atoms with Crippen LogP contribution < -0.4 is 5.32 Å². The van der Waals surface area contributed by atoms with Crippen LogP contribution in [0.1, 0.15) is 24.6 Å². The highest BCUT2D eigenvalue weighted by Crippen LogP contribution is 2.34. The minimum atomic E-state index is -4.02. The highest BCUT2D eigenvalue weighted by atomic mass is 32.2. The van der Waals surface area contributed by atoms with Gasteiger partial charge < -0.3 is 5.32 Å². The average Bonchev–Trinajstić information content (AvgIpc) is 3.28. The van der Waals surface area contributed by atoms with Crippen molar-refractivity contribution in [1.29, 1.82) is 0 Å². The lowest BCUT2D eigenvalue weighted by Gasteiger charge is -2.22. The van der Waals surface area contributed by atoms with Crippen molar-refractivity contribution >= 4 is 32.7 Å². The molecule has 0 bridgehead atoms. The van der Waals surface area contributed by atoms with Crippen molar-refractivity contribution in [2.24, 2.45) is 0 Å². The lowest BCUT2D eigenvalue weighted by Crippen LogP contribution is -2.39. The number of para-hydroxylation sites is 2. The Hall–Kier alpha value is -4.34. The number of carbonyl (C=O) groups excluding carboxylic acids is 1. The number of pyridine rings is 1. The molecular formula is C31H31N5O3S. The van der Waals surface area contributed by atoms with Gasteiger partial charge in [-0.3, -0.25) is 9.78 Å². The van der Waals surface area contributed by atoms with E-state index in [1.165, 1.54) is 10.4 Å². The van der Waals surface area contributed by atoms with E-state index in [9.17, 15) is 13.2 Å². The maximum absolute atomic E-state index is 13.8. The number of hydrogen-bond donors (Lipinski definition) is 1. The minimum absolute atomic E-state index is 0.0811. The van der Waals surface area contributed by atoms with Gasteiger partial charge in [0, 0.05) is 23.7 Å². The summed E-state index contributed by atoms with van der Waals surface area (Å²) in [5.41, 5.74) is 4.60. The molecule has 2 heterocycles. The van der Waals surface area contributed by atoms with Gasteiger partial charge >= 0.3 is 0 Å². The van der Waals surface area contributed by atoms with Gasteiger partial charge in [0.2, 0.25) is 15.9 Å². The first kappa shape index (κ1) is 27.2. The molecule has 0 spiro atoms. The molecule has 5 aromatic rings. The lowest BCUT2D eigenvalue weighted by atomic mass is 10.1. The standard InChI is InChI=1S/C31H31N5O3S/c1-4-20-35(40(38,39)27-18-10-15-25-16-11-19-32-30(25)27)21-28(37)33-31-29(24-13-6-5-7-14-24)23(3)34-36(31)26-17-9-8-12-22(26)2/h5-19H,4,20-21H2,1-3H3,(H,33,37). The van der Waals surface area contributed by atoms with E-state index in [4.69, 9.17) is 5.10 Å². The fourth-order valence-corrected chi connectivity index (χ4v) is 6.51.